The van der Waals surface area contributed by atoms with Crippen LogP contribution in [0, 0.1) is 15.5 Å². The Balaban J connectivity index is 1.96. The molecular weight excluding hydrogens is 330 g/mol. The number of carbonyl (C=O) groups excluding carboxylic acids is 1. The number of nitro groups is 1. The number of nitrogens with zero attached hydrogens (tertiary/aromatic N) is 1. The van der Waals surface area contributed by atoms with Gasteiger partial charge >= 0.3 is 0 Å². The fourth-order valence-corrected chi connectivity index (χ4v) is 2.58. The lowest BCUT2D eigenvalue weighted by molar-refractivity contribution is -0.384. The molecule has 0 radical (unpaired) electrons. The molecule has 0 aliphatic carbocycles. The zero-order valence-electron chi connectivity index (χ0n) is 13.7. The van der Waals surface area contributed by atoms with Gasteiger partial charge in [-0.1, -0.05) is 30.3 Å². The van der Waals surface area contributed by atoms with Crippen molar-refractivity contribution >= 4 is 22.9 Å². The lowest BCUT2D eigenvalue weighted by Gasteiger charge is -2.10. The zero-order chi connectivity index (χ0) is 18.7. The van der Waals surface area contributed by atoms with E-state index in [1.165, 1.54) is 24.3 Å². The molecule has 0 bridgehead atoms. The number of rotatable bonds is 5. The summed E-state index contributed by atoms with van der Waals surface area (Å²) in [6.45, 7) is 0. The highest BCUT2D eigenvalue weighted by Crippen LogP contribution is 2.22. The molecule has 0 aliphatic heterocycles. The lowest BCUT2D eigenvalue weighted by Crippen LogP contribution is -2.09. The average Bonchev–Trinajstić information content (AvgIpc) is 2.68. The molecule has 128 valence electrons. The Kier molecular flexibility index (Phi) is 4.57. The van der Waals surface area contributed by atoms with Crippen LogP contribution in [0.2, 0.25) is 0 Å². The van der Waals surface area contributed by atoms with Crippen LogP contribution in [0.1, 0.15) is 27.0 Å². The third-order valence-corrected chi connectivity index (χ3v) is 3.99. The smallest absolute Gasteiger partial charge is 0.269 e. The highest BCUT2D eigenvalue weighted by atomic mass is 16.6. The molecule has 0 amide bonds. The number of anilines is 1. The Morgan fingerprint density at radius 1 is 0.885 bits per heavy atom. The van der Waals surface area contributed by atoms with Crippen LogP contribution < -0.4 is 5.73 Å². The monoisotopic (exact) mass is 345 g/mol. The quantitative estimate of drug-likeness (QED) is 0.241. The second kappa shape index (κ2) is 6.98. The largest absolute Gasteiger partial charge is 0.398 e. The summed E-state index contributed by atoms with van der Waals surface area (Å²) in [7, 11) is 0. The summed E-state index contributed by atoms with van der Waals surface area (Å²) < 4.78 is 0. The van der Waals surface area contributed by atoms with Crippen molar-refractivity contribution in [2.45, 2.75) is 0 Å². The molecule has 0 aromatic heterocycles. The Morgan fingerprint density at radius 3 is 2.12 bits per heavy atom. The normalized spacial score (nSPS) is 10.3. The van der Waals surface area contributed by atoms with E-state index >= 15 is 0 Å². The van der Waals surface area contributed by atoms with Crippen LogP contribution in [-0.4, -0.2) is 16.4 Å². The standard InChI is InChI=1S/C20H15N3O3/c21-18-11-8-15(20(24)14-4-2-1-3-5-14)12-17(18)19(22)13-6-9-16(10-7-13)23(25)26/h1-12,22H,21H2. The number of hydrogen-bond acceptors (Lipinski definition) is 5. The van der Waals surface area contributed by atoms with Gasteiger partial charge in [-0.15, -0.1) is 0 Å². The van der Waals surface area contributed by atoms with Gasteiger partial charge in [0.1, 0.15) is 0 Å². The second-order valence-corrected chi connectivity index (χ2v) is 5.68. The topological polar surface area (TPSA) is 110 Å². The summed E-state index contributed by atoms with van der Waals surface area (Å²) in [6.07, 6.45) is 0. The summed E-state index contributed by atoms with van der Waals surface area (Å²) in [4.78, 5) is 22.9. The number of nitro benzene ring substituents is 1. The third kappa shape index (κ3) is 3.34. The van der Waals surface area contributed by atoms with Crippen molar-refractivity contribution in [1.29, 1.82) is 5.41 Å². The molecule has 6 heteroatoms. The summed E-state index contributed by atoms with van der Waals surface area (Å²) >= 11 is 0. The van der Waals surface area contributed by atoms with Crippen molar-refractivity contribution in [3.05, 3.63) is 105 Å². The molecule has 0 heterocycles. The number of nitrogen functional groups attached to an aromatic ring is 1. The van der Waals surface area contributed by atoms with Gasteiger partial charge in [0.2, 0.25) is 0 Å². The summed E-state index contributed by atoms with van der Waals surface area (Å²) in [5.74, 6) is -0.164. The molecule has 3 aromatic carbocycles. The maximum absolute atomic E-state index is 12.6. The molecule has 0 unspecified atom stereocenters. The van der Waals surface area contributed by atoms with E-state index in [0.717, 1.165) is 0 Å². The van der Waals surface area contributed by atoms with Gasteiger partial charge in [-0.05, 0) is 30.3 Å². The number of hydrogen-bond donors (Lipinski definition) is 2. The predicted molar refractivity (Wildman–Crippen MR) is 99.8 cm³/mol. The Morgan fingerprint density at radius 2 is 1.50 bits per heavy atom. The molecule has 3 N–H and O–H groups in total. The van der Waals surface area contributed by atoms with E-state index in [0.29, 0.717) is 27.9 Å². The maximum atomic E-state index is 12.6. The SMILES string of the molecule is N=C(c1ccc([N+](=O)[O-])cc1)c1cc(C(=O)c2ccccc2)ccc1N. The van der Waals surface area contributed by atoms with Gasteiger partial charge in [-0.3, -0.25) is 20.3 Å². The number of benzene rings is 3. The molecule has 0 fully saturated rings. The second-order valence-electron chi connectivity index (χ2n) is 5.68. The maximum Gasteiger partial charge on any atom is 0.269 e. The summed E-state index contributed by atoms with van der Waals surface area (Å²) in [5, 5.41) is 19.1. The van der Waals surface area contributed by atoms with Crippen LogP contribution >= 0.6 is 0 Å². The Labute approximate surface area is 149 Å². The summed E-state index contributed by atoms with van der Waals surface area (Å²) in [6, 6.07) is 19.3. The molecule has 6 nitrogen and oxygen atoms in total. The van der Waals surface area contributed by atoms with E-state index in [2.05, 4.69) is 0 Å². The third-order valence-electron chi connectivity index (χ3n) is 3.99. The lowest BCUT2D eigenvalue weighted by atomic mass is 9.95. The van der Waals surface area contributed by atoms with E-state index in [9.17, 15) is 14.9 Å². The minimum atomic E-state index is -0.499. The Bertz CT molecular complexity index is 997. The Hall–Kier alpha value is -3.80. The van der Waals surface area contributed by atoms with Crippen LogP contribution in [-0.2, 0) is 0 Å². The van der Waals surface area contributed by atoms with Crippen molar-refractivity contribution in [3.63, 3.8) is 0 Å². The first-order valence-electron chi connectivity index (χ1n) is 7.80. The average molecular weight is 345 g/mol. The fourth-order valence-electron chi connectivity index (χ4n) is 2.58. The minimum Gasteiger partial charge on any atom is -0.398 e. The van der Waals surface area contributed by atoms with Crippen molar-refractivity contribution in [2.24, 2.45) is 0 Å². The predicted octanol–water partition coefficient (Wildman–Crippen LogP) is 3.82. The molecule has 0 spiro atoms. The number of non-ortho nitro benzene ring substituents is 1. The van der Waals surface area contributed by atoms with Crippen molar-refractivity contribution in [3.8, 4) is 0 Å². The highest BCUT2D eigenvalue weighted by Gasteiger charge is 2.15. The minimum absolute atomic E-state index is 0.0532. The summed E-state index contributed by atoms with van der Waals surface area (Å²) in [5.41, 5.74) is 8.24. The van der Waals surface area contributed by atoms with Crippen molar-refractivity contribution in [1.82, 2.24) is 0 Å². The first-order chi connectivity index (χ1) is 12.5. The highest BCUT2D eigenvalue weighted by molar-refractivity contribution is 6.16. The van der Waals surface area contributed by atoms with Crippen molar-refractivity contribution < 1.29 is 9.72 Å². The van der Waals surface area contributed by atoms with Crippen LogP contribution in [0.5, 0.6) is 0 Å². The van der Waals surface area contributed by atoms with Gasteiger partial charge in [-0.25, -0.2) is 0 Å². The van der Waals surface area contributed by atoms with Gasteiger partial charge in [0.25, 0.3) is 5.69 Å². The number of ketones is 1. The zero-order valence-corrected chi connectivity index (χ0v) is 13.7. The fraction of sp³-hybridized carbons (Fsp3) is 0. The number of carbonyl (C=O) groups is 1. The van der Waals surface area contributed by atoms with Gasteiger partial charge in [0.05, 0.1) is 10.6 Å². The number of nitrogens with one attached hydrogen (secondary N) is 1. The van der Waals surface area contributed by atoms with Gasteiger partial charge < -0.3 is 5.73 Å². The van der Waals surface area contributed by atoms with Gasteiger partial charge in [0.15, 0.2) is 5.78 Å². The first kappa shape index (κ1) is 17.0. The van der Waals surface area contributed by atoms with Crippen LogP contribution in [0.15, 0.2) is 72.8 Å². The van der Waals surface area contributed by atoms with E-state index < -0.39 is 4.92 Å². The number of nitrogens with two attached hydrogens (primary N) is 1. The van der Waals surface area contributed by atoms with Crippen LogP contribution in [0.3, 0.4) is 0 Å². The molecule has 0 atom stereocenters. The van der Waals surface area contributed by atoms with Gasteiger partial charge in [0, 0.05) is 40.1 Å². The van der Waals surface area contributed by atoms with Crippen LogP contribution in [0.4, 0.5) is 11.4 Å². The van der Waals surface area contributed by atoms with E-state index in [4.69, 9.17) is 11.1 Å². The molecule has 0 saturated carbocycles. The molecule has 26 heavy (non-hydrogen) atoms. The van der Waals surface area contributed by atoms with E-state index in [1.807, 2.05) is 6.07 Å². The van der Waals surface area contributed by atoms with E-state index in [-0.39, 0.29) is 17.2 Å². The van der Waals surface area contributed by atoms with Crippen LogP contribution in [0.25, 0.3) is 0 Å². The van der Waals surface area contributed by atoms with Gasteiger partial charge in [-0.2, -0.15) is 0 Å². The van der Waals surface area contributed by atoms with Crippen molar-refractivity contribution in [2.75, 3.05) is 5.73 Å². The molecule has 0 aliphatic rings. The van der Waals surface area contributed by atoms with E-state index in [1.54, 1.807) is 42.5 Å². The molecular formula is C20H15N3O3. The molecule has 3 rings (SSSR count). The molecule has 0 saturated heterocycles. The first-order valence-corrected chi connectivity index (χ1v) is 7.80. The molecule has 3 aromatic rings.